The average molecular weight is 235 g/mol. The molecule has 0 bridgehead atoms. The molecule has 3 N–H and O–H groups in total. The van der Waals surface area contributed by atoms with Crippen molar-refractivity contribution in [3.63, 3.8) is 0 Å². The second kappa shape index (κ2) is 5.68. The van der Waals surface area contributed by atoms with Crippen molar-refractivity contribution in [2.24, 2.45) is 0 Å². The van der Waals surface area contributed by atoms with Gasteiger partial charge in [0.1, 0.15) is 0 Å². The van der Waals surface area contributed by atoms with Gasteiger partial charge in [0.2, 0.25) is 0 Å². The first-order chi connectivity index (χ1) is 7.91. The van der Waals surface area contributed by atoms with Crippen molar-refractivity contribution in [2.75, 3.05) is 26.4 Å². The Bertz CT molecular complexity index is 402. The maximum Gasteiger partial charge on any atom is 0.253 e. The minimum atomic E-state index is -0.111. The van der Waals surface area contributed by atoms with E-state index in [9.17, 15) is 4.79 Å². The lowest BCUT2D eigenvalue weighted by atomic mass is 10.1. The molecule has 0 fully saturated rings. The fourth-order valence-electron chi connectivity index (χ4n) is 1.38. The minimum absolute atomic E-state index is 0.111. The summed E-state index contributed by atoms with van der Waals surface area (Å²) in [6, 6.07) is 5.77. The van der Waals surface area contributed by atoms with Gasteiger partial charge in [-0.15, -0.1) is 0 Å². The van der Waals surface area contributed by atoms with Crippen molar-refractivity contribution in [2.45, 2.75) is 19.9 Å². The number of nitrogens with one attached hydrogen (secondary N) is 1. The van der Waals surface area contributed by atoms with Crippen molar-refractivity contribution in [1.29, 1.82) is 0 Å². The van der Waals surface area contributed by atoms with Crippen molar-refractivity contribution < 1.29 is 4.79 Å². The summed E-state index contributed by atoms with van der Waals surface area (Å²) in [5, 5.41) is 2.89. The van der Waals surface area contributed by atoms with E-state index in [1.54, 1.807) is 6.07 Å². The molecule has 1 rings (SSSR count). The lowest BCUT2D eigenvalue weighted by molar-refractivity contribution is 0.0944. The van der Waals surface area contributed by atoms with Crippen molar-refractivity contribution >= 4 is 11.6 Å². The molecule has 4 heteroatoms. The average Bonchev–Trinajstić information content (AvgIpc) is 2.28. The highest BCUT2D eigenvalue weighted by molar-refractivity contribution is 5.99. The van der Waals surface area contributed by atoms with Gasteiger partial charge < -0.3 is 16.0 Å². The second-order valence-corrected chi connectivity index (χ2v) is 4.61. The van der Waals surface area contributed by atoms with E-state index in [1.807, 2.05) is 33.2 Å². The Hall–Kier alpha value is -1.55. The number of hydrogen-bond donors (Lipinski definition) is 2. The monoisotopic (exact) mass is 235 g/mol. The van der Waals surface area contributed by atoms with Gasteiger partial charge in [-0.2, -0.15) is 0 Å². The number of hydrogen-bond acceptors (Lipinski definition) is 3. The highest BCUT2D eigenvalue weighted by atomic mass is 16.1. The Morgan fingerprint density at radius 3 is 2.71 bits per heavy atom. The zero-order valence-electron chi connectivity index (χ0n) is 10.9. The summed E-state index contributed by atoms with van der Waals surface area (Å²) >= 11 is 0. The smallest absolute Gasteiger partial charge is 0.253 e. The van der Waals surface area contributed by atoms with E-state index < -0.39 is 0 Å². The van der Waals surface area contributed by atoms with Crippen LogP contribution in [0, 0.1) is 6.92 Å². The van der Waals surface area contributed by atoms with E-state index in [0.29, 0.717) is 23.8 Å². The number of rotatable bonds is 4. The molecule has 0 aromatic heterocycles. The van der Waals surface area contributed by atoms with Crippen LogP contribution in [-0.4, -0.2) is 37.5 Å². The Kier molecular flexibility index (Phi) is 4.52. The first-order valence-electron chi connectivity index (χ1n) is 5.72. The summed E-state index contributed by atoms with van der Waals surface area (Å²) in [4.78, 5) is 14.0. The molecule has 0 aliphatic carbocycles. The molecule has 0 saturated carbocycles. The zero-order valence-corrected chi connectivity index (χ0v) is 10.9. The number of nitrogens with two attached hydrogens (primary N) is 1. The SMILES string of the molecule is Cc1ccc(N)c(C(=O)NCC(C)N(C)C)c1. The van der Waals surface area contributed by atoms with E-state index in [4.69, 9.17) is 5.73 Å². The van der Waals surface area contributed by atoms with Gasteiger partial charge in [0.25, 0.3) is 5.91 Å². The van der Waals surface area contributed by atoms with Gasteiger partial charge in [-0.25, -0.2) is 0 Å². The van der Waals surface area contributed by atoms with Gasteiger partial charge >= 0.3 is 0 Å². The maximum atomic E-state index is 11.9. The van der Waals surface area contributed by atoms with Gasteiger partial charge in [0.05, 0.1) is 5.56 Å². The summed E-state index contributed by atoms with van der Waals surface area (Å²) in [6.07, 6.45) is 0. The quantitative estimate of drug-likeness (QED) is 0.772. The molecule has 0 aliphatic rings. The molecule has 1 amide bonds. The van der Waals surface area contributed by atoms with Crippen LogP contribution in [0.25, 0.3) is 0 Å². The molecule has 17 heavy (non-hydrogen) atoms. The Morgan fingerprint density at radius 1 is 1.47 bits per heavy atom. The molecular weight excluding hydrogens is 214 g/mol. The minimum Gasteiger partial charge on any atom is -0.398 e. The molecule has 4 nitrogen and oxygen atoms in total. The molecule has 0 radical (unpaired) electrons. The zero-order chi connectivity index (χ0) is 13.0. The number of likely N-dealkylation sites (N-methyl/N-ethyl adjacent to an activating group) is 1. The number of amides is 1. The Balaban J connectivity index is 2.67. The van der Waals surface area contributed by atoms with Gasteiger partial charge in [-0.3, -0.25) is 4.79 Å². The Morgan fingerprint density at radius 2 is 2.12 bits per heavy atom. The number of nitrogen functional groups attached to an aromatic ring is 1. The van der Waals surface area contributed by atoms with E-state index in [-0.39, 0.29) is 5.91 Å². The van der Waals surface area contributed by atoms with Crippen LogP contribution in [0.2, 0.25) is 0 Å². The molecule has 0 aliphatic heterocycles. The number of carbonyl (C=O) groups is 1. The number of nitrogens with zero attached hydrogens (tertiary/aromatic N) is 1. The fourth-order valence-corrected chi connectivity index (χ4v) is 1.38. The van der Waals surface area contributed by atoms with Crippen LogP contribution in [-0.2, 0) is 0 Å². The predicted molar refractivity (Wildman–Crippen MR) is 71.1 cm³/mol. The standard InChI is InChI=1S/C13H21N3O/c1-9-5-6-12(14)11(7-9)13(17)15-8-10(2)16(3)4/h5-7,10H,8,14H2,1-4H3,(H,15,17). The van der Waals surface area contributed by atoms with E-state index in [2.05, 4.69) is 17.1 Å². The summed E-state index contributed by atoms with van der Waals surface area (Å²) in [6.45, 7) is 4.61. The van der Waals surface area contributed by atoms with Crippen LogP contribution in [0.5, 0.6) is 0 Å². The first-order valence-corrected chi connectivity index (χ1v) is 5.72. The van der Waals surface area contributed by atoms with Crippen LogP contribution < -0.4 is 11.1 Å². The van der Waals surface area contributed by atoms with Crippen LogP contribution in [0.3, 0.4) is 0 Å². The summed E-state index contributed by atoms with van der Waals surface area (Å²) in [7, 11) is 3.97. The van der Waals surface area contributed by atoms with Crippen LogP contribution in [0.1, 0.15) is 22.8 Å². The summed E-state index contributed by atoms with van der Waals surface area (Å²) in [5.74, 6) is -0.111. The summed E-state index contributed by atoms with van der Waals surface area (Å²) < 4.78 is 0. The summed E-state index contributed by atoms with van der Waals surface area (Å²) in [5.41, 5.74) is 7.89. The Labute approximate surface area is 103 Å². The van der Waals surface area contributed by atoms with Crippen LogP contribution in [0.4, 0.5) is 5.69 Å². The topological polar surface area (TPSA) is 58.4 Å². The van der Waals surface area contributed by atoms with E-state index in [1.165, 1.54) is 0 Å². The van der Waals surface area contributed by atoms with Crippen LogP contribution >= 0.6 is 0 Å². The number of anilines is 1. The highest BCUT2D eigenvalue weighted by Crippen LogP contribution is 2.13. The molecule has 1 aromatic rings. The third kappa shape index (κ3) is 3.75. The predicted octanol–water partition coefficient (Wildman–Crippen LogP) is 1.26. The maximum absolute atomic E-state index is 11.9. The highest BCUT2D eigenvalue weighted by Gasteiger charge is 2.11. The van der Waals surface area contributed by atoms with Gasteiger partial charge in [-0.1, -0.05) is 11.6 Å². The largest absolute Gasteiger partial charge is 0.398 e. The fraction of sp³-hybridized carbons (Fsp3) is 0.462. The molecule has 1 atom stereocenters. The molecule has 1 unspecified atom stereocenters. The first kappa shape index (κ1) is 13.5. The second-order valence-electron chi connectivity index (χ2n) is 4.61. The lowest BCUT2D eigenvalue weighted by Crippen LogP contribution is -2.38. The number of carbonyl (C=O) groups excluding carboxylic acids is 1. The molecule has 0 saturated heterocycles. The van der Waals surface area contributed by atoms with Crippen molar-refractivity contribution in [3.8, 4) is 0 Å². The van der Waals surface area contributed by atoms with E-state index in [0.717, 1.165) is 5.56 Å². The van der Waals surface area contributed by atoms with E-state index >= 15 is 0 Å². The third-order valence-corrected chi connectivity index (χ3v) is 2.89. The molecular formula is C13H21N3O. The molecule has 0 spiro atoms. The third-order valence-electron chi connectivity index (χ3n) is 2.89. The molecule has 94 valence electrons. The number of aryl methyl sites for hydroxylation is 1. The van der Waals surface area contributed by atoms with Gasteiger partial charge in [0.15, 0.2) is 0 Å². The normalized spacial score (nSPS) is 12.5. The van der Waals surface area contributed by atoms with Gasteiger partial charge in [-0.05, 0) is 40.1 Å². The van der Waals surface area contributed by atoms with Crippen LogP contribution in [0.15, 0.2) is 18.2 Å². The molecule has 1 aromatic carbocycles. The number of benzene rings is 1. The molecule has 0 heterocycles. The lowest BCUT2D eigenvalue weighted by Gasteiger charge is -2.20. The van der Waals surface area contributed by atoms with Gasteiger partial charge in [0, 0.05) is 18.3 Å². The van der Waals surface area contributed by atoms with Crippen molar-refractivity contribution in [3.05, 3.63) is 29.3 Å². The van der Waals surface area contributed by atoms with Crippen molar-refractivity contribution in [1.82, 2.24) is 10.2 Å².